The van der Waals surface area contributed by atoms with Crippen molar-refractivity contribution in [3.63, 3.8) is 0 Å². The minimum Gasteiger partial charge on any atom is -0.392 e. The van der Waals surface area contributed by atoms with Crippen molar-refractivity contribution in [3.8, 4) is 0 Å². The SMILES string of the molecule is CCC(CC)C(O)C1CSC(C)C(C)S1. The van der Waals surface area contributed by atoms with Gasteiger partial charge in [-0.1, -0.05) is 40.5 Å². The van der Waals surface area contributed by atoms with Crippen molar-refractivity contribution in [2.24, 2.45) is 5.92 Å². The molecular weight excluding hydrogens is 224 g/mol. The molecule has 1 aliphatic heterocycles. The molecule has 0 aromatic carbocycles. The lowest BCUT2D eigenvalue weighted by Crippen LogP contribution is -2.38. The lowest BCUT2D eigenvalue weighted by atomic mass is 9.95. The Morgan fingerprint density at radius 1 is 1.20 bits per heavy atom. The van der Waals surface area contributed by atoms with E-state index in [1.165, 1.54) is 0 Å². The van der Waals surface area contributed by atoms with Crippen molar-refractivity contribution < 1.29 is 5.11 Å². The third-order valence-electron chi connectivity index (χ3n) is 3.49. The average molecular weight is 248 g/mol. The standard InChI is InChI=1S/C12H24OS2/c1-5-10(6-2)12(13)11-7-14-8(3)9(4)15-11/h8-13H,5-7H2,1-4H3. The normalized spacial score (nSPS) is 34.4. The fraction of sp³-hybridized carbons (Fsp3) is 1.00. The van der Waals surface area contributed by atoms with Gasteiger partial charge in [-0.3, -0.25) is 0 Å². The maximum atomic E-state index is 10.3. The Balaban J connectivity index is 2.49. The summed E-state index contributed by atoms with van der Waals surface area (Å²) >= 11 is 4.01. The summed E-state index contributed by atoms with van der Waals surface area (Å²) in [5, 5.41) is 12.2. The molecule has 1 rings (SSSR count). The first-order valence-electron chi connectivity index (χ1n) is 6.05. The minimum absolute atomic E-state index is 0.104. The van der Waals surface area contributed by atoms with Crippen LogP contribution in [-0.4, -0.2) is 32.7 Å². The molecule has 1 saturated heterocycles. The van der Waals surface area contributed by atoms with Crippen molar-refractivity contribution in [2.75, 3.05) is 5.75 Å². The van der Waals surface area contributed by atoms with E-state index in [0.29, 0.717) is 16.4 Å². The number of hydrogen-bond acceptors (Lipinski definition) is 3. The third-order valence-corrected chi connectivity index (χ3v) is 6.99. The number of thioether (sulfide) groups is 2. The minimum atomic E-state index is -0.104. The van der Waals surface area contributed by atoms with Gasteiger partial charge in [0.2, 0.25) is 0 Å². The van der Waals surface area contributed by atoms with Gasteiger partial charge in [0, 0.05) is 21.5 Å². The number of aliphatic hydroxyl groups is 1. The molecule has 3 heteroatoms. The van der Waals surface area contributed by atoms with Gasteiger partial charge in [-0.15, -0.1) is 0 Å². The van der Waals surface area contributed by atoms with E-state index in [1.807, 2.05) is 23.5 Å². The Bertz CT molecular complexity index is 182. The number of hydrogen-bond donors (Lipinski definition) is 1. The first-order chi connectivity index (χ1) is 7.10. The number of rotatable bonds is 4. The summed E-state index contributed by atoms with van der Waals surface area (Å²) in [6.45, 7) is 8.95. The molecular formula is C12H24OS2. The fourth-order valence-corrected chi connectivity index (χ4v) is 5.16. The zero-order valence-corrected chi connectivity index (χ0v) is 11.9. The molecule has 1 heterocycles. The van der Waals surface area contributed by atoms with Crippen LogP contribution < -0.4 is 0 Å². The van der Waals surface area contributed by atoms with Crippen LogP contribution in [0.4, 0.5) is 0 Å². The van der Waals surface area contributed by atoms with Gasteiger partial charge >= 0.3 is 0 Å². The topological polar surface area (TPSA) is 20.2 Å². The molecule has 0 aliphatic carbocycles. The average Bonchev–Trinajstić information content (AvgIpc) is 2.23. The molecule has 0 spiro atoms. The lowest BCUT2D eigenvalue weighted by molar-refractivity contribution is 0.105. The monoisotopic (exact) mass is 248 g/mol. The van der Waals surface area contributed by atoms with Crippen LogP contribution in [0.3, 0.4) is 0 Å². The van der Waals surface area contributed by atoms with Crippen molar-refractivity contribution in [2.45, 2.75) is 62.4 Å². The summed E-state index contributed by atoms with van der Waals surface area (Å²) in [5.74, 6) is 1.61. The zero-order chi connectivity index (χ0) is 11.4. The molecule has 1 fully saturated rings. The molecule has 0 saturated carbocycles. The van der Waals surface area contributed by atoms with E-state index in [9.17, 15) is 5.11 Å². The zero-order valence-electron chi connectivity index (χ0n) is 10.3. The second-order valence-corrected chi connectivity index (χ2v) is 7.52. The summed E-state index contributed by atoms with van der Waals surface area (Å²) in [6.07, 6.45) is 2.10. The van der Waals surface area contributed by atoms with Gasteiger partial charge in [-0.05, 0) is 5.92 Å². The van der Waals surface area contributed by atoms with E-state index in [1.54, 1.807) is 0 Å². The smallest absolute Gasteiger partial charge is 0.0694 e. The van der Waals surface area contributed by atoms with Crippen molar-refractivity contribution >= 4 is 23.5 Å². The van der Waals surface area contributed by atoms with Crippen molar-refractivity contribution in [1.29, 1.82) is 0 Å². The van der Waals surface area contributed by atoms with E-state index < -0.39 is 0 Å². The highest BCUT2D eigenvalue weighted by Gasteiger charge is 2.33. The Labute approximate surface area is 103 Å². The van der Waals surface area contributed by atoms with Crippen LogP contribution in [0.25, 0.3) is 0 Å². The molecule has 0 aromatic heterocycles. The summed E-state index contributed by atoms with van der Waals surface area (Å²) in [7, 11) is 0. The van der Waals surface area contributed by atoms with Gasteiger partial charge in [-0.25, -0.2) is 0 Å². The van der Waals surface area contributed by atoms with Gasteiger partial charge in [0.1, 0.15) is 0 Å². The molecule has 4 atom stereocenters. The van der Waals surface area contributed by atoms with E-state index in [4.69, 9.17) is 0 Å². The first kappa shape index (κ1) is 13.7. The van der Waals surface area contributed by atoms with E-state index in [2.05, 4.69) is 27.7 Å². The molecule has 4 unspecified atom stereocenters. The first-order valence-corrected chi connectivity index (χ1v) is 8.04. The fourth-order valence-electron chi connectivity index (χ4n) is 2.06. The molecule has 1 N–H and O–H groups in total. The molecule has 1 aliphatic rings. The molecule has 0 radical (unpaired) electrons. The third kappa shape index (κ3) is 3.57. The number of aliphatic hydroxyl groups excluding tert-OH is 1. The van der Waals surface area contributed by atoms with Crippen LogP contribution >= 0.6 is 23.5 Å². The molecule has 0 amide bonds. The van der Waals surface area contributed by atoms with E-state index in [-0.39, 0.29) is 6.10 Å². The van der Waals surface area contributed by atoms with Gasteiger partial charge in [-0.2, -0.15) is 23.5 Å². The Morgan fingerprint density at radius 3 is 2.27 bits per heavy atom. The predicted octanol–water partition coefficient (Wildman–Crippen LogP) is 3.41. The van der Waals surface area contributed by atoms with Crippen LogP contribution in [0.5, 0.6) is 0 Å². The van der Waals surface area contributed by atoms with Gasteiger partial charge in [0.25, 0.3) is 0 Å². The molecule has 0 bridgehead atoms. The van der Waals surface area contributed by atoms with Gasteiger partial charge in [0.15, 0.2) is 0 Å². The highest BCUT2D eigenvalue weighted by molar-refractivity contribution is 8.07. The molecule has 15 heavy (non-hydrogen) atoms. The summed E-state index contributed by atoms with van der Waals surface area (Å²) < 4.78 is 0. The highest BCUT2D eigenvalue weighted by Crippen LogP contribution is 2.39. The maximum Gasteiger partial charge on any atom is 0.0694 e. The van der Waals surface area contributed by atoms with E-state index >= 15 is 0 Å². The second-order valence-electron chi connectivity index (χ2n) is 4.49. The summed E-state index contributed by atoms with van der Waals surface area (Å²) in [6, 6.07) is 0. The Morgan fingerprint density at radius 2 is 1.80 bits per heavy atom. The summed E-state index contributed by atoms with van der Waals surface area (Å²) in [4.78, 5) is 0. The Hall–Kier alpha value is 0.660. The van der Waals surface area contributed by atoms with Gasteiger partial charge in [0.05, 0.1) is 6.10 Å². The summed E-state index contributed by atoms with van der Waals surface area (Å²) in [5.41, 5.74) is 0. The molecule has 90 valence electrons. The second kappa shape index (κ2) is 6.41. The van der Waals surface area contributed by atoms with Gasteiger partial charge < -0.3 is 5.11 Å². The van der Waals surface area contributed by atoms with Crippen LogP contribution in [0.2, 0.25) is 0 Å². The van der Waals surface area contributed by atoms with Crippen LogP contribution in [0.1, 0.15) is 40.5 Å². The van der Waals surface area contributed by atoms with Crippen LogP contribution in [-0.2, 0) is 0 Å². The maximum absolute atomic E-state index is 10.3. The largest absolute Gasteiger partial charge is 0.392 e. The highest BCUT2D eigenvalue weighted by atomic mass is 32.2. The Kier molecular flexibility index (Phi) is 5.86. The van der Waals surface area contributed by atoms with E-state index in [0.717, 1.165) is 23.8 Å². The van der Waals surface area contributed by atoms with Crippen LogP contribution in [0.15, 0.2) is 0 Å². The molecule has 1 nitrogen and oxygen atoms in total. The molecule has 0 aromatic rings. The van der Waals surface area contributed by atoms with Crippen molar-refractivity contribution in [3.05, 3.63) is 0 Å². The predicted molar refractivity (Wildman–Crippen MR) is 72.8 cm³/mol. The van der Waals surface area contributed by atoms with Crippen molar-refractivity contribution in [1.82, 2.24) is 0 Å². The quantitative estimate of drug-likeness (QED) is 0.823. The van der Waals surface area contributed by atoms with Crippen LogP contribution in [0, 0.1) is 5.92 Å². The lowest BCUT2D eigenvalue weighted by Gasteiger charge is -2.36.